The van der Waals surface area contributed by atoms with E-state index >= 15 is 0 Å². The number of urea groups is 1. The summed E-state index contributed by atoms with van der Waals surface area (Å²) in [4.78, 5) is 12.4. The second-order valence-electron chi connectivity index (χ2n) is 6.09. The highest BCUT2D eigenvalue weighted by atomic mass is 16.5. The van der Waals surface area contributed by atoms with Gasteiger partial charge in [-0.1, -0.05) is 18.2 Å². The summed E-state index contributed by atoms with van der Waals surface area (Å²) in [7, 11) is 3.23. The molecule has 126 valence electrons. The Morgan fingerprint density at radius 2 is 1.75 bits per heavy atom. The minimum absolute atomic E-state index is 0.229. The molecule has 3 rings (SSSR count). The van der Waals surface area contributed by atoms with Crippen molar-refractivity contribution < 1.29 is 14.3 Å². The third-order valence-electron chi connectivity index (χ3n) is 4.35. The zero-order valence-corrected chi connectivity index (χ0v) is 14.2. The van der Waals surface area contributed by atoms with Crippen LogP contribution in [-0.2, 0) is 5.54 Å². The lowest BCUT2D eigenvalue weighted by Crippen LogP contribution is -2.38. The van der Waals surface area contributed by atoms with Crippen molar-refractivity contribution in [1.82, 2.24) is 5.32 Å². The van der Waals surface area contributed by atoms with Gasteiger partial charge in [-0.05, 0) is 55.2 Å². The number of carbonyl (C=O) groups is 1. The molecule has 0 radical (unpaired) electrons. The first-order valence-corrected chi connectivity index (χ1v) is 7.95. The highest BCUT2D eigenvalue weighted by molar-refractivity contribution is 5.92. The quantitative estimate of drug-likeness (QED) is 0.878. The maximum absolute atomic E-state index is 12.4. The van der Waals surface area contributed by atoms with Gasteiger partial charge >= 0.3 is 6.03 Å². The first-order chi connectivity index (χ1) is 11.6. The summed E-state index contributed by atoms with van der Waals surface area (Å²) < 4.78 is 10.5. The molecule has 0 aromatic heterocycles. The summed E-state index contributed by atoms with van der Waals surface area (Å²) in [6.45, 7) is 1.97. The fraction of sp³-hybridized carbons (Fsp3) is 0.316. The Kier molecular flexibility index (Phi) is 4.34. The molecule has 5 heteroatoms. The number of benzene rings is 2. The first-order valence-electron chi connectivity index (χ1n) is 7.95. The van der Waals surface area contributed by atoms with E-state index in [0.717, 1.165) is 29.7 Å². The summed E-state index contributed by atoms with van der Waals surface area (Å²) >= 11 is 0. The van der Waals surface area contributed by atoms with Crippen molar-refractivity contribution >= 4 is 11.7 Å². The second kappa shape index (κ2) is 6.43. The molecule has 2 N–H and O–H groups in total. The molecule has 0 bridgehead atoms. The van der Waals surface area contributed by atoms with Crippen LogP contribution in [0.2, 0.25) is 0 Å². The molecule has 0 heterocycles. The van der Waals surface area contributed by atoms with E-state index in [1.54, 1.807) is 14.2 Å². The van der Waals surface area contributed by atoms with Crippen molar-refractivity contribution in [3.63, 3.8) is 0 Å². The Hall–Kier alpha value is -2.69. The van der Waals surface area contributed by atoms with Crippen molar-refractivity contribution in [3.05, 3.63) is 53.6 Å². The number of hydrogen-bond donors (Lipinski definition) is 2. The van der Waals surface area contributed by atoms with Gasteiger partial charge in [0.25, 0.3) is 0 Å². The second-order valence-corrected chi connectivity index (χ2v) is 6.09. The van der Waals surface area contributed by atoms with Crippen LogP contribution in [0.25, 0.3) is 0 Å². The number of aryl methyl sites for hydroxylation is 1. The van der Waals surface area contributed by atoms with Crippen molar-refractivity contribution in [2.24, 2.45) is 0 Å². The Morgan fingerprint density at radius 1 is 1.04 bits per heavy atom. The molecule has 0 atom stereocenters. The predicted octanol–water partition coefficient (Wildman–Crippen LogP) is 3.82. The number of rotatable bonds is 5. The van der Waals surface area contributed by atoms with E-state index in [-0.39, 0.29) is 11.6 Å². The van der Waals surface area contributed by atoms with Crippen LogP contribution >= 0.6 is 0 Å². The molecule has 1 aliphatic carbocycles. The van der Waals surface area contributed by atoms with Gasteiger partial charge in [-0.2, -0.15) is 0 Å². The molecule has 2 aromatic carbocycles. The topological polar surface area (TPSA) is 59.6 Å². The van der Waals surface area contributed by atoms with Gasteiger partial charge in [0.15, 0.2) is 0 Å². The Bertz CT molecular complexity index is 737. The van der Waals surface area contributed by atoms with Gasteiger partial charge in [-0.25, -0.2) is 4.79 Å². The van der Waals surface area contributed by atoms with E-state index in [1.165, 1.54) is 0 Å². The molecule has 2 aromatic rings. The van der Waals surface area contributed by atoms with Gasteiger partial charge in [-0.15, -0.1) is 0 Å². The molecule has 1 fully saturated rings. The standard InChI is InChI=1S/C19H22N2O3/c1-13-4-9-17(24-3)16(12-13)20-18(22)21-19(10-11-19)14-5-7-15(23-2)8-6-14/h4-9,12H,10-11H2,1-3H3,(H2,20,21,22). The lowest BCUT2D eigenvalue weighted by molar-refractivity contribution is 0.247. The van der Waals surface area contributed by atoms with E-state index in [0.29, 0.717) is 11.4 Å². The maximum Gasteiger partial charge on any atom is 0.320 e. The zero-order chi connectivity index (χ0) is 17.2. The molecule has 0 saturated heterocycles. The van der Waals surface area contributed by atoms with Gasteiger partial charge in [0.05, 0.1) is 25.4 Å². The minimum atomic E-state index is -0.284. The molecule has 0 unspecified atom stereocenters. The maximum atomic E-state index is 12.4. The van der Waals surface area contributed by atoms with Crippen LogP contribution in [0, 0.1) is 6.92 Å². The number of carbonyl (C=O) groups excluding carboxylic acids is 1. The average Bonchev–Trinajstić information content (AvgIpc) is 3.35. The summed E-state index contributed by atoms with van der Waals surface area (Å²) in [5.41, 5.74) is 2.53. The van der Waals surface area contributed by atoms with Gasteiger partial charge in [0, 0.05) is 0 Å². The van der Waals surface area contributed by atoms with Crippen LogP contribution < -0.4 is 20.1 Å². The van der Waals surface area contributed by atoms with Crippen LogP contribution in [0.15, 0.2) is 42.5 Å². The Morgan fingerprint density at radius 3 is 2.33 bits per heavy atom. The minimum Gasteiger partial charge on any atom is -0.497 e. The van der Waals surface area contributed by atoms with Gasteiger partial charge in [0.1, 0.15) is 11.5 Å². The Balaban J connectivity index is 1.71. The summed E-state index contributed by atoms with van der Waals surface area (Å²) in [5.74, 6) is 1.45. The number of ether oxygens (including phenoxy) is 2. The highest BCUT2D eigenvalue weighted by Gasteiger charge is 2.45. The summed E-state index contributed by atoms with van der Waals surface area (Å²) in [5, 5.41) is 5.98. The molecule has 1 saturated carbocycles. The average molecular weight is 326 g/mol. The monoisotopic (exact) mass is 326 g/mol. The summed E-state index contributed by atoms with van der Waals surface area (Å²) in [6, 6.07) is 13.3. The normalized spacial score (nSPS) is 14.6. The molecule has 1 aliphatic rings. The summed E-state index contributed by atoms with van der Waals surface area (Å²) in [6.07, 6.45) is 1.86. The van der Waals surface area contributed by atoms with E-state index in [1.807, 2.05) is 49.4 Å². The van der Waals surface area contributed by atoms with Crippen LogP contribution in [0.1, 0.15) is 24.0 Å². The van der Waals surface area contributed by atoms with Gasteiger partial charge < -0.3 is 20.1 Å². The Labute approximate surface area is 142 Å². The number of hydrogen-bond acceptors (Lipinski definition) is 3. The SMILES string of the molecule is COc1ccc(C2(NC(=O)Nc3cc(C)ccc3OC)CC2)cc1. The van der Waals surface area contributed by atoms with E-state index in [4.69, 9.17) is 9.47 Å². The van der Waals surface area contributed by atoms with Gasteiger partial charge in [-0.3, -0.25) is 0 Å². The fourth-order valence-corrected chi connectivity index (χ4v) is 2.81. The third kappa shape index (κ3) is 3.30. The van der Waals surface area contributed by atoms with Crippen LogP contribution in [0.3, 0.4) is 0 Å². The van der Waals surface area contributed by atoms with Crippen LogP contribution in [0.5, 0.6) is 11.5 Å². The van der Waals surface area contributed by atoms with Crippen molar-refractivity contribution in [3.8, 4) is 11.5 Å². The van der Waals surface area contributed by atoms with E-state index < -0.39 is 0 Å². The lowest BCUT2D eigenvalue weighted by Gasteiger charge is -2.19. The molecule has 24 heavy (non-hydrogen) atoms. The largest absolute Gasteiger partial charge is 0.497 e. The molecule has 5 nitrogen and oxygen atoms in total. The first kappa shape index (κ1) is 16.2. The van der Waals surface area contributed by atoms with Crippen LogP contribution in [0.4, 0.5) is 10.5 Å². The molecular formula is C19H22N2O3. The number of methoxy groups -OCH3 is 2. The lowest BCUT2D eigenvalue weighted by atomic mass is 10.1. The van der Waals surface area contributed by atoms with Crippen molar-refractivity contribution in [2.75, 3.05) is 19.5 Å². The zero-order valence-electron chi connectivity index (χ0n) is 14.2. The molecule has 0 spiro atoms. The van der Waals surface area contributed by atoms with Crippen molar-refractivity contribution in [2.45, 2.75) is 25.3 Å². The number of amides is 2. The number of nitrogens with one attached hydrogen (secondary N) is 2. The molecular weight excluding hydrogens is 304 g/mol. The molecule has 2 amide bonds. The highest BCUT2D eigenvalue weighted by Crippen LogP contribution is 2.45. The van der Waals surface area contributed by atoms with Gasteiger partial charge in [0.2, 0.25) is 0 Å². The van der Waals surface area contributed by atoms with E-state index in [9.17, 15) is 4.79 Å². The third-order valence-corrected chi connectivity index (χ3v) is 4.35. The van der Waals surface area contributed by atoms with Crippen molar-refractivity contribution in [1.29, 1.82) is 0 Å². The van der Waals surface area contributed by atoms with E-state index in [2.05, 4.69) is 10.6 Å². The molecule has 0 aliphatic heterocycles. The fourth-order valence-electron chi connectivity index (χ4n) is 2.81. The smallest absolute Gasteiger partial charge is 0.320 e. The predicted molar refractivity (Wildman–Crippen MR) is 93.8 cm³/mol. The number of anilines is 1. The van der Waals surface area contributed by atoms with Crippen LogP contribution in [-0.4, -0.2) is 20.3 Å².